The normalized spacial score (nSPS) is 22.8. The van der Waals surface area contributed by atoms with E-state index < -0.39 is 0 Å². The van der Waals surface area contributed by atoms with Gasteiger partial charge in [-0.25, -0.2) is 0 Å². The highest BCUT2D eigenvalue weighted by Gasteiger charge is 2.32. The highest BCUT2D eigenvalue weighted by atomic mass is 16.5. The maximum absolute atomic E-state index is 12.7. The van der Waals surface area contributed by atoms with Gasteiger partial charge in [-0.15, -0.1) is 0 Å². The third-order valence-electron chi connectivity index (χ3n) is 5.87. The zero-order chi connectivity index (χ0) is 17.3. The zero-order valence-corrected chi connectivity index (χ0v) is 15.4. The highest BCUT2D eigenvalue weighted by molar-refractivity contribution is 5.96. The number of carbonyl (C=O) groups excluding carboxylic acids is 1. The Bertz CT molecular complexity index is 550. The molecule has 0 aromatic carbocycles. The lowest BCUT2D eigenvalue weighted by Crippen LogP contribution is -2.52. The van der Waals surface area contributed by atoms with Crippen LogP contribution < -0.4 is 0 Å². The van der Waals surface area contributed by atoms with Crippen LogP contribution in [0, 0.1) is 19.8 Å². The van der Waals surface area contributed by atoms with Crippen molar-refractivity contribution < 1.29 is 9.32 Å². The van der Waals surface area contributed by atoms with Gasteiger partial charge in [-0.05, 0) is 46.6 Å². The SMILES string of the molecule is Cc1noc(C)c1C(=O)N1CCC([C@H](C)N2CCN(C)CC2)CC1. The van der Waals surface area contributed by atoms with Gasteiger partial charge in [0, 0.05) is 45.3 Å². The number of aromatic nitrogens is 1. The second-order valence-corrected chi connectivity index (χ2v) is 7.41. The van der Waals surface area contributed by atoms with Crippen molar-refractivity contribution in [3.8, 4) is 0 Å². The van der Waals surface area contributed by atoms with Gasteiger partial charge in [0.15, 0.2) is 0 Å². The van der Waals surface area contributed by atoms with Gasteiger partial charge < -0.3 is 14.3 Å². The minimum Gasteiger partial charge on any atom is -0.361 e. The van der Waals surface area contributed by atoms with Crippen LogP contribution in [0.1, 0.15) is 41.6 Å². The van der Waals surface area contributed by atoms with Crippen molar-refractivity contribution in [1.82, 2.24) is 19.9 Å². The summed E-state index contributed by atoms with van der Waals surface area (Å²) in [4.78, 5) is 19.7. The molecule has 0 saturated carbocycles. The fourth-order valence-electron chi connectivity index (χ4n) is 4.06. The smallest absolute Gasteiger partial charge is 0.259 e. The molecule has 1 amide bonds. The molecule has 0 N–H and O–H groups in total. The number of rotatable bonds is 3. The molecule has 0 spiro atoms. The summed E-state index contributed by atoms with van der Waals surface area (Å²) in [5, 5.41) is 3.91. The number of amides is 1. The molecule has 0 radical (unpaired) electrons. The van der Waals surface area contributed by atoms with Crippen LogP contribution in [0.15, 0.2) is 4.52 Å². The van der Waals surface area contributed by atoms with E-state index in [0.717, 1.165) is 52.1 Å². The number of nitrogens with zero attached hydrogens (tertiary/aromatic N) is 4. The molecule has 1 aromatic heterocycles. The molecule has 2 aliphatic rings. The van der Waals surface area contributed by atoms with Crippen LogP contribution in [0.2, 0.25) is 0 Å². The van der Waals surface area contributed by atoms with E-state index in [1.54, 1.807) is 0 Å². The number of likely N-dealkylation sites (N-methyl/N-ethyl adjacent to an activating group) is 1. The van der Waals surface area contributed by atoms with E-state index in [2.05, 4.69) is 28.9 Å². The lowest BCUT2D eigenvalue weighted by atomic mass is 9.88. The van der Waals surface area contributed by atoms with E-state index in [-0.39, 0.29) is 5.91 Å². The molecule has 1 aromatic rings. The van der Waals surface area contributed by atoms with Gasteiger partial charge in [-0.3, -0.25) is 9.69 Å². The van der Waals surface area contributed by atoms with Crippen LogP contribution in [-0.2, 0) is 0 Å². The van der Waals surface area contributed by atoms with E-state index >= 15 is 0 Å². The monoisotopic (exact) mass is 334 g/mol. The van der Waals surface area contributed by atoms with Gasteiger partial charge in [-0.2, -0.15) is 0 Å². The fraction of sp³-hybridized carbons (Fsp3) is 0.778. The summed E-state index contributed by atoms with van der Waals surface area (Å²) in [7, 11) is 2.20. The summed E-state index contributed by atoms with van der Waals surface area (Å²) in [6.07, 6.45) is 2.17. The third-order valence-corrected chi connectivity index (χ3v) is 5.87. The molecule has 6 nitrogen and oxygen atoms in total. The first-order valence-corrected chi connectivity index (χ1v) is 9.12. The van der Waals surface area contributed by atoms with Crippen molar-refractivity contribution in [3.05, 3.63) is 17.0 Å². The van der Waals surface area contributed by atoms with Crippen LogP contribution in [0.4, 0.5) is 0 Å². The number of carbonyl (C=O) groups is 1. The van der Waals surface area contributed by atoms with E-state index in [1.807, 2.05) is 18.7 Å². The summed E-state index contributed by atoms with van der Waals surface area (Å²) >= 11 is 0. The van der Waals surface area contributed by atoms with Gasteiger partial charge in [0.2, 0.25) is 0 Å². The van der Waals surface area contributed by atoms with Crippen LogP contribution >= 0.6 is 0 Å². The number of piperazine rings is 1. The molecule has 0 bridgehead atoms. The van der Waals surface area contributed by atoms with Crippen molar-refractivity contribution >= 4 is 5.91 Å². The summed E-state index contributed by atoms with van der Waals surface area (Å²) in [6.45, 7) is 12.3. The Balaban J connectivity index is 1.55. The molecule has 1 atom stereocenters. The Morgan fingerprint density at radius 1 is 1.12 bits per heavy atom. The maximum Gasteiger partial charge on any atom is 0.259 e. The molecule has 0 unspecified atom stereocenters. The highest BCUT2D eigenvalue weighted by Crippen LogP contribution is 2.26. The molecule has 6 heteroatoms. The van der Waals surface area contributed by atoms with Crippen LogP contribution in [-0.4, -0.2) is 78.1 Å². The first-order chi connectivity index (χ1) is 11.5. The number of likely N-dealkylation sites (tertiary alicyclic amines) is 1. The van der Waals surface area contributed by atoms with Crippen molar-refractivity contribution in [2.75, 3.05) is 46.3 Å². The summed E-state index contributed by atoms with van der Waals surface area (Å²) in [6, 6.07) is 0.606. The number of hydrogen-bond acceptors (Lipinski definition) is 5. The molecular formula is C18H30N4O2. The van der Waals surface area contributed by atoms with E-state index in [9.17, 15) is 4.79 Å². The lowest BCUT2D eigenvalue weighted by Gasteiger charge is -2.42. The first-order valence-electron chi connectivity index (χ1n) is 9.12. The van der Waals surface area contributed by atoms with Crippen LogP contribution in [0.5, 0.6) is 0 Å². The zero-order valence-electron chi connectivity index (χ0n) is 15.4. The fourth-order valence-corrected chi connectivity index (χ4v) is 4.06. The Morgan fingerprint density at radius 3 is 2.29 bits per heavy atom. The molecule has 134 valence electrons. The van der Waals surface area contributed by atoms with Crippen molar-refractivity contribution in [2.45, 2.75) is 39.7 Å². The Hall–Kier alpha value is -1.40. The molecule has 24 heavy (non-hydrogen) atoms. The molecular weight excluding hydrogens is 304 g/mol. The average Bonchev–Trinajstić information content (AvgIpc) is 2.93. The quantitative estimate of drug-likeness (QED) is 0.843. The first kappa shape index (κ1) is 17.4. The number of hydrogen-bond donors (Lipinski definition) is 0. The molecule has 2 aliphatic heterocycles. The Morgan fingerprint density at radius 2 is 1.75 bits per heavy atom. The molecule has 0 aliphatic carbocycles. The van der Waals surface area contributed by atoms with Crippen molar-refractivity contribution in [1.29, 1.82) is 0 Å². The van der Waals surface area contributed by atoms with Crippen LogP contribution in [0.3, 0.4) is 0 Å². The van der Waals surface area contributed by atoms with Crippen molar-refractivity contribution in [3.63, 3.8) is 0 Å². The van der Waals surface area contributed by atoms with Gasteiger partial charge in [0.1, 0.15) is 11.3 Å². The summed E-state index contributed by atoms with van der Waals surface area (Å²) in [5.74, 6) is 1.39. The number of aryl methyl sites for hydroxylation is 2. The minimum atomic E-state index is 0.0805. The topological polar surface area (TPSA) is 52.8 Å². The standard InChI is InChI=1S/C18H30N4O2/c1-13-17(15(3)24-19-13)18(23)22-7-5-16(6-8-22)14(2)21-11-9-20(4)10-12-21/h14,16H,5-12H2,1-4H3/t14-/m0/s1. The van der Waals surface area contributed by atoms with Gasteiger partial charge >= 0.3 is 0 Å². The lowest BCUT2D eigenvalue weighted by molar-refractivity contribution is 0.0499. The minimum absolute atomic E-state index is 0.0805. The van der Waals surface area contributed by atoms with Crippen LogP contribution in [0.25, 0.3) is 0 Å². The van der Waals surface area contributed by atoms with Crippen molar-refractivity contribution in [2.24, 2.45) is 5.92 Å². The molecule has 3 heterocycles. The number of piperidine rings is 1. The average molecular weight is 334 g/mol. The molecule has 2 fully saturated rings. The predicted molar refractivity (Wildman–Crippen MR) is 93.1 cm³/mol. The van der Waals surface area contributed by atoms with Gasteiger partial charge in [0.05, 0.1) is 5.69 Å². The predicted octanol–water partition coefficient (Wildman–Crippen LogP) is 1.78. The van der Waals surface area contributed by atoms with E-state index in [4.69, 9.17) is 4.52 Å². The summed E-state index contributed by atoms with van der Waals surface area (Å²) in [5.41, 5.74) is 1.35. The molecule has 3 rings (SSSR count). The van der Waals surface area contributed by atoms with E-state index in [1.165, 1.54) is 0 Å². The van der Waals surface area contributed by atoms with Gasteiger partial charge in [0.25, 0.3) is 5.91 Å². The largest absolute Gasteiger partial charge is 0.361 e. The van der Waals surface area contributed by atoms with E-state index in [0.29, 0.717) is 29.0 Å². The van der Waals surface area contributed by atoms with Gasteiger partial charge in [-0.1, -0.05) is 5.16 Å². The second-order valence-electron chi connectivity index (χ2n) is 7.41. The summed E-state index contributed by atoms with van der Waals surface area (Å²) < 4.78 is 5.15. The Labute approximate surface area is 144 Å². The third kappa shape index (κ3) is 3.49. The maximum atomic E-state index is 12.7. The Kier molecular flexibility index (Phi) is 5.25. The molecule has 2 saturated heterocycles. The second kappa shape index (κ2) is 7.23.